The van der Waals surface area contributed by atoms with Crippen LogP contribution in [-0.4, -0.2) is 39.4 Å². The van der Waals surface area contributed by atoms with Crippen molar-refractivity contribution in [2.45, 2.75) is 76.9 Å². The number of halogens is 1. The van der Waals surface area contributed by atoms with Crippen LogP contribution in [-0.2, 0) is 14.3 Å². The lowest BCUT2D eigenvalue weighted by Gasteiger charge is -2.60. The first-order valence-electron chi connectivity index (χ1n) is 15.0. The first-order valence-corrected chi connectivity index (χ1v) is 16.0. The van der Waals surface area contributed by atoms with E-state index in [2.05, 4.69) is 13.0 Å². The Kier molecular flexibility index (Phi) is 7.38. The van der Waals surface area contributed by atoms with E-state index in [1.54, 1.807) is 18.3 Å². The number of allylic oxidation sites excluding steroid dienone is 3. The molecular weight excluding hydrogens is 553 g/mol. The molecular formula is C33H38FN3O4S. The van der Waals surface area contributed by atoms with Gasteiger partial charge in [0.2, 0.25) is 5.12 Å². The molecule has 0 amide bonds. The zero-order chi connectivity index (χ0) is 29.9. The fourth-order valence-corrected chi connectivity index (χ4v) is 9.72. The number of hydrogen-bond donors (Lipinski definition) is 2. The van der Waals surface area contributed by atoms with Crippen LogP contribution < -0.4 is 5.73 Å². The van der Waals surface area contributed by atoms with Crippen molar-refractivity contribution in [3.05, 3.63) is 53.5 Å². The Hall–Kier alpha value is -2.96. The van der Waals surface area contributed by atoms with Crippen molar-refractivity contribution in [2.24, 2.45) is 45.2 Å². The molecule has 1 aromatic rings. The summed E-state index contributed by atoms with van der Waals surface area (Å²) < 4.78 is 19.7. The molecule has 42 heavy (non-hydrogen) atoms. The molecule has 0 spiro atoms. The van der Waals surface area contributed by atoms with E-state index in [1.807, 2.05) is 13.0 Å². The Bertz CT molecular complexity index is 1430. The maximum absolute atomic E-state index is 13.8. The third-order valence-electron chi connectivity index (χ3n) is 11.0. The molecule has 0 saturated heterocycles. The van der Waals surface area contributed by atoms with Gasteiger partial charge in [0.15, 0.2) is 5.60 Å². The number of hydrogen-bond acceptors (Lipinski definition) is 8. The van der Waals surface area contributed by atoms with Crippen molar-refractivity contribution < 1.29 is 23.8 Å². The lowest BCUT2D eigenvalue weighted by atomic mass is 9.45. The number of aliphatic hydroxyl groups is 1. The first-order chi connectivity index (χ1) is 20.1. The van der Waals surface area contributed by atoms with Crippen LogP contribution in [0.5, 0.6) is 0 Å². The van der Waals surface area contributed by atoms with E-state index < -0.39 is 17.1 Å². The van der Waals surface area contributed by atoms with Crippen molar-refractivity contribution >= 4 is 34.2 Å². The molecule has 0 aromatic heterocycles. The highest BCUT2D eigenvalue weighted by atomic mass is 32.2. The fourth-order valence-electron chi connectivity index (χ4n) is 8.91. The minimum absolute atomic E-state index is 0.000843. The van der Waals surface area contributed by atoms with Gasteiger partial charge in [-0.25, -0.2) is 9.38 Å². The van der Waals surface area contributed by atoms with Crippen LogP contribution in [0.15, 0.2) is 52.7 Å². The normalized spacial score (nSPS) is 39.1. The molecule has 4 saturated carbocycles. The summed E-state index contributed by atoms with van der Waals surface area (Å²) >= 11 is 0.931. The van der Waals surface area contributed by atoms with Crippen LogP contribution in [0.4, 0.5) is 10.1 Å². The third kappa shape index (κ3) is 4.53. The number of esters is 1. The number of fused-ring (bicyclic) bond motifs is 5. The number of benzene rings is 1. The number of nitrogens with two attached hydrogens (primary N) is 1. The van der Waals surface area contributed by atoms with Crippen molar-refractivity contribution in [3.63, 3.8) is 0 Å². The molecule has 7 nitrogen and oxygen atoms in total. The number of carbonyl (C=O) groups is 2. The van der Waals surface area contributed by atoms with Gasteiger partial charge in [-0.05, 0) is 117 Å². The van der Waals surface area contributed by atoms with Crippen LogP contribution in [0.25, 0.3) is 0 Å². The van der Waals surface area contributed by atoms with E-state index in [4.69, 9.17) is 15.5 Å². The number of rotatable bonds is 5. The molecule has 0 bridgehead atoms. The first kappa shape index (κ1) is 29.1. The molecule has 5 aliphatic rings. The molecule has 7 atom stereocenters. The molecule has 1 aromatic carbocycles. The molecule has 3 N–H and O–H groups in total. The lowest BCUT2D eigenvalue weighted by molar-refractivity contribution is -0.197. The number of aliphatic hydroxyl groups excluding tert-OH is 1. The summed E-state index contributed by atoms with van der Waals surface area (Å²) in [6.07, 6.45) is 8.31. The maximum Gasteiger partial charge on any atom is 0.309 e. The van der Waals surface area contributed by atoms with Gasteiger partial charge < -0.3 is 15.6 Å². The molecule has 5 aliphatic carbocycles. The lowest BCUT2D eigenvalue weighted by Crippen LogP contribution is -2.62. The van der Waals surface area contributed by atoms with E-state index in [0.29, 0.717) is 24.9 Å². The molecule has 0 radical (unpaired) electrons. The van der Waals surface area contributed by atoms with E-state index in [1.165, 1.54) is 17.7 Å². The molecule has 7 unspecified atom stereocenters. The van der Waals surface area contributed by atoms with Crippen LogP contribution >= 0.6 is 11.8 Å². The summed E-state index contributed by atoms with van der Waals surface area (Å²) in [7, 11) is 0. The predicted octanol–water partition coefficient (Wildman–Crippen LogP) is 5.76. The van der Waals surface area contributed by atoms with Gasteiger partial charge in [0.1, 0.15) is 5.82 Å². The SMILES string of the molecule is CC12CC(=CN)C(=Nc3ccc(F)cc3)C=C1CCC1C2C(O)CC2(C)C1CCC2(OC(=O)C1CC1)C(=O)SCC#N. The van der Waals surface area contributed by atoms with Gasteiger partial charge in [-0.3, -0.25) is 9.59 Å². The second-order valence-corrected chi connectivity index (χ2v) is 14.2. The zero-order valence-electron chi connectivity index (χ0n) is 24.1. The zero-order valence-corrected chi connectivity index (χ0v) is 25.0. The number of nitriles is 1. The van der Waals surface area contributed by atoms with Gasteiger partial charge in [0.25, 0.3) is 0 Å². The van der Waals surface area contributed by atoms with E-state index >= 15 is 0 Å². The van der Waals surface area contributed by atoms with Crippen molar-refractivity contribution in [1.29, 1.82) is 5.26 Å². The van der Waals surface area contributed by atoms with Crippen LogP contribution in [0.2, 0.25) is 0 Å². The van der Waals surface area contributed by atoms with Gasteiger partial charge in [-0.1, -0.05) is 31.2 Å². The summed E-state index contributed by atoms with van der Waals surface area (Å²) in [6, 6.07) is 8.10. The summed E-state index contributed by atoms with van der Waals surface area (Å²) in [5.74, 6) is -0.640. The Labute approximate surface area is 250 Å². The summed E-state index contributed by atoms with van der Waals surface area (Å²) in [5, 5.41) is 20.9. The van der Waals surface area contributed by atoms with E-state index in [-0.39, 0.29) is 51.7 Å². The minimum Gasteiger partial charge on any atom is -0.449 e. The summed E-state index contributed by atoms with van der Waals surface area (Å²) in [6.45, 7) is 4.24. The second-order valence-electron chi connectivity index (χ2n) is 13.2. The fraction of sp³-hybridized carbons (Fsp3) is 0.576. The number of ether oxygens (including phenoxy) is 1. The summed E-state index contributed by atoms with van der Waals surface area (Å²) in [5.41, 5.74) is 7.23. The minimum atomic E-state index is -1.34. The van der Waals surface area contributed by atoms with Crippen LogP contribution in [0.1, 0.15) is 65.2 Å². The molecule has 9 heteroatoms. The number of thioether (sulfide) groups is 1. The quantitative estimate of drug-likeness (QED) is 0.417. The second kappa shape index (κ2) is 10.6. The third-order valence-corrected chi connectivity index (χ3v) is 11.9. The monoisotopic (exact) mass is 591 g/mol. The molecule has 0 heterocycles. The van der Waals surface area contributed by atoms with Crippen LogP contribution in [0, 0.1) is 51.6 Å². The van der Waals surface area contributed by atoms with Crippen molar-refractivity contribution in [1.82, 2.24) is 0 Å². The Morgan fingerprint density at radius 2 is 1.98 bits per heavy atom. The largest absolute Gasteiger partial charge is 0.449 e. The average Bonchev–Trinajstić information content (AvgIpc) is 3.77. The number of aliphatic imine (C=N–C) groups is 1. The highest BCUT2D eigenvalue weighted by molar-refractivity contribution is 8.14. The molecule has 6 rings (SSSR count). The maximum atomic E-state index is 13.8. The molecule has 0 aliphatic heterocycles. The van der Waals surface area contributed by atoms with Gasteiger partial charge in [-0.2, -0.15) is 5.26 Å². The standard InChI is InChI=1S/C33H38FN3O4S/c1-31-16-20(18-36)26(37-23-8-6-22(34)7-9-23)15-21(31)5-10-24-25-11-12-33(30(40)42-14-13-35,41-29(39)19-3-4-19)32(25,2)17-27(38)28(24)31/h6-9,15,18-19,24-25,27-28,38H,3-5,10-12,14,16-17,36H2,1-2H3. The molecule has 4 fully saturated rings. The highest BCUT2D eigenvalue weighted by Crippen LogP contribution is 2.69. The van der Waals surface area contributed by atoms with Crippen molar-refractivity contribution in [3.8, 4) is 6.07 Å². The Morgan fingerprint density at radius 3 is 2.64 bits per heavy atom. The average molecular weight is 592 g/mol. The van der Waals surface area contributed by atoms with Gasteiger partial charge in [-0.15, -0.1) is 0 Å². The van der Waals surface area contributed by atoms with Crippen LogP contribution in [0.3, 0.4) is 0 Å². The summed E-state index contributed by atoms with van der Waals surface area (Å²) in [4.78, 5) is 31.6. The van der Waals surface area contributed by atoms with Gasteiger partial charge in [0.05, 0.1) is 35.2 Å². The smallest absolute Gasteiger partial charge is 0.309 e. The number of carbonyl (C=O) groups excluding carboxylic acids is 2. The molecule has 222 valence electrons. The highest BCUT2D eigenvalue weighted by Gasteiger charge is 2.71. The van der Waals surface area contributed by atoms with Gasteiger partial charge in [0, 0.05) is 5.41 Å². The van der Waals surface area contributed by atoms with E-state index in [0.717, 1.165) is 55.2 Å². The number of nitrogens with zero attached hydrogens (tertiary/aromatic N) is 2. The van der Waals surface area contributed by atoms with Crippen molar-refractivity contribution in [2.75, 3.05) is 5.75 Å². The topological polar surface area (TPSA) is 126 Å². The van der Waals surface area contributed by atoms with E-state index in [9.17, 15) is 24.3 Å². The van der Waals surface area contributed by atoms with Gasteiger partial charge >= 0.3 is 5.97 Å². The Morgan fingerprint density at radius 1 is 1.24 bits per heavy atom. The predicted molar refractivity (Wildman–Crippen MR) is 159 cm³/mol. The Balaban J connectivity index is 1.35.